The third kappa shape index (κ3) is 4.68. The predicted molar refractivity (Wildman–Crippen MR) is 100 cm³/mol. The first-order valence-corrected chi connectivity index (χ1v) is 8.63. The maximum absolute atomic E-state index is 12.4. The van der Waals surface area contributed by atoms with Crippen molar-refractivity contribution >= 4 is 24.2 Å². The molecule has 0 atom stereocenters. The van der Waals surface area contributed by atoms with Crippen LogP contribution in [0, 0.1) is 0 Å². The fourth-order valence-electron chi connectivity index (χ4n) is 2.67. The van der Waals surface area contributed by atoms with E-state index < -0.39 is 0 Å². The molecule has 0 aliphatic carbocycles. The molecule has 1 saturated heterocycles. The van der Waals surface area contributed by atoms with Crippen molar-refractivity contribution in [3.05, 3.63) is 41.7 Å². The Hall–Kier alpha value is -2.63. The van der Waals surface area contributed by atoms with E-state index in [1.807, 2.05) is 55.4 Å². The van der Waals surface area contributed by atoms with E-state index in [1.165, 1.54) is 4.90 Å². The van der Waals surface area contributed by atoms with Crippen LogP contribution in [0.3, 0.4) is 0 Å². The van der Waals surface area contributed by atoms with Crippen molar-refractivity contribution in [1.29, 1.82) is 0 Å². The molecule has 6 nitrogen and oxygen atoms in total. The van der Waals surface area contributed by atoms with Crippen LogP contribution in [0.4, 0.5) is 5.69 Å². The summed E-state index contributed by atoms with van der Waals surface area (Å²) in [6.07, 6.45) is 4.55. The fraction of sp³-hybridized carbons (Fsp3) is 0.421. The molecule has 0 N–H and O–H groups in total. The number of anilines is 1. The van der Waals surface area contributed by atoms with Crippen LogP contribution < -0.4 is 5.01 Å². The zero-order valence-corrected chi connectivity index (χ0v) is 15.2. The van der Waals surface area contributed by atoms with Crippen LogP contribution in [-0.4, -0.2) is 48.0 Å². The lowest BCUT2D eigenvalue weighted by atomic mass is 10.2. The van der Waals surface area contributed by atoms with E-state index in [0.717, 1.165) is 36.3 Å². The molecule has 1 aliphatic rings. The standard InChI is InChI=1S/C19H26N4O2/c1-4-5-11-20-23(18-9-7-6-8-10-18)17(3)16(2)22-13-12-21(15-24)14-19(22)25/h6-11,15H,4-5,12-14H2,1-3H3/b17-16+,20-11+. The number of rotatable bonds is 7. The second kappa shape index (κ2) is 9.01. The molecule has 1 aliphatic heterocycles. The van der Waals surface area contributed by atoms with Gasteiger partial charge in [0, 0.05) is 25.0 Å². The first-order chi connectivity index (χ1) is 12.1. The highest BCUT2D eigenvalue weighted by Gasteiger charge is 2.26. The van der Waals surface area contributed by atoms with Crippen molar-refractivity contribution < 1.29 is 9.59 Å². The number of amides is 2. The summed E-state index contributed by atoms with van der Waals surface area (Å²) in [5, 5.41) is 6.47. The van der Waals surface area contributed by atoms with E-state index >= 15 is 0 Å². The number of unbranched alkanes of at least 4 members (excludes halogenated alkanes) is 1. The minimum Gasteiger partial charge on any atom is -0.334 e. The Morgan fingerprint density at radius 1 is 1.24 bits per heavy atom. The van der Waals surface area contributed by atoms with Gasteiger partial charge in [0.15, 0.2) is 0 Å². The number of piperazine rings is 1. The number of allylic oxidation sites excluding steroid dienone is 2. The number of nitrogens with zero attached hydrogens (tertiary/aromatic N) is 4. The number of para-hydroxylation sites is 1. The summed E-state index contributed by atoms with van der Waals surface area (Å²) >= 11 is 0. The zero-order chi connectivity index (χ0) is 18.2. The Bertz CT molecular complexity index is 655. The van der Waals surface area contributed by atoms with Crippen molar-refractivity contribution in [3.8, 4) is 0 Å². The lowest BCUT2D eigenvalue weighted by Crippen LogP contribution is -2.49. The van der Waals surface area contributed by atoms with Crippen LogP contribution in [0.1, 0.15) is 33.6 Å². The minimum absolute atomic E-state index is 0.0688. The maximum atomic E-state index is 12.4. The molecule has 1 heterocycles. The molecule has 0 radical (unpaired) electrons. The van der Waals surface area contributed by atoms with Crippen LogP contribution >= 0.6 is 0 Å². The average Bonchev–Trinajstić information content (AvgIpc) is 2.65. The average molecular weight is 342 g/mol. The lowest BCUT2D eigenvalue weighted by Gasteiger charge is -2.34. The van der Waals surface area contributed by atoms with E-state index in [2.05, 4.69) is 12.0 Å². The van der Waals surface area contributed by atoms with Gasteiger partial charge in [-0.05, 0) is 32.4 Å². The topological polar surface area (TPSA) is 56.2 Å². The van der Waals surface area contributed by atoms with Gasteiger partial charge in [-0.25, -0.2) is 5.01 Å². The van der Waals surface area contributed by atoms with Gasteiger partial charge in [0.05, 0.1) is 17.9 Å². The summed E-state index contributed by atoms with van der Waals surface area (Å²) in [5.41, 5.74) is 2.70. The van der Waals surface area contributed by atoms with Crippen molar-refractivity contribution in [2.24, 2.45) is 5.10 Å². The third-order valence-electron chi connectivity index (χ3n) is 4.26. The van der Waals surface area contributed by atoms with Gasteiger partial charge in [-0.1, -0.05) is 31.5 Å². The first kappa shape index (κ1) is 18.7. The second-order valence-corrected chi connectivity index (χ2v) is 6.03. The van der Waals surface area contributed by atoms with E-state index in [1.54, 1.807) is 4.90 Å². The number of carbonyl (C=O) groups is 2. The number of carbonyl (C=O) groups excluding carboxylic acids is 2. The summed E-state index contributed by atoms with van der Waals surface area (Å²) in [4.78, 5) is 26.5. The summed E-state index contributed by atoms with van der Waals surface area (Å²) in [6, 6.07) is 9.88. The van der Waals surface area contributed by atoms with Crippen LogP contribution in [0.5, 0.6) is 0 Å². The van der Waals surface area contributed by atoms with Crippen LogP contribution in [0.2, 0.25) is 0 Å². The molecule has 0 spiro atoms. The predicted octanol–water partition coefficient (Wildman–Crippen LogP) is 2.83. The molecule has 0 unspecified atom stereocenters. The van der Waals surface area contributed by atoms with Crippen molar-refractivity contribution in [1.82, 2.24) is 9.80 Å². The quantitative estimate of drug-likeness (QED) is 0.435. The molecular formula is C19H26N4O2. The van der Waals surface area contributed by atoms with E-state index in [4.69, 9.17) is 0 Å². The maximum Gasteiger partial charge on any atom is 0.246 e. The molecule has 1 fully saturated rings. The van der Waals surface area contributed by atoms with Gasteiger partial charge in [0.2, 0.25) is 12.3 Å². The zero-order valence-electron chi connectivity index (χ0n) is 15.2. The summed E-state index contributed by atoms with van der Waals surface area (Å²) in [5.74, 6) is -0.0688. The number of hydrogen-bond acceptors (Lipinski definition) is 4. The Morgan fingerprint density at radius 2 is 1.96 bits per heavy atom. The Kier molecular flexibility index (Phi) is 6.74. The van der Waals surface area contributed by atoms with Gasteiger partial charge in [-0.2, -0.15) is 5.10 Å². The highest BCUT2D eigenvalue weighted by Crippen LogP contribution is 2.23. The van der Waals surface area contributed by atoms with Gasteiger partial charge in [0.25, 0.3) is 0 Å². The van der Waals surface area contributed by atoms with Crippen molar-refractivity contribution in [2.45, 2.75) is 33.6 Å². The first-order valence-electron chi connectivity index (χ1n) is 8.63. The van der Waals surface area contributed by atoms with Crippen LogP contribution in [0.15, 0.2) is 46.8 Å². The Balaban J connectivity index is 2.30. The monoisotopic (exact) mass is 342 g/mol. The van der Waals surface area contributed by atoms with Gasteiger partial charge in [-0.3, -0.25) is 9.59 Å². The molecule has 0 bridgehead atoms. The molecule has 1 aromatic rings. The highest BCUT2D eigenvalue weighted by molar-refractivity contribution is 5.83. The molecular weight excluding hydrogens is 316 g/mol. The van der Waals surface area contributed by atoms with Crippen molar-refractivity contribution in [2.75, 3.05) is 24.6 Å². The van der Waals surface area contributed by atoms with Gasteiger partial charge in [-0.15, -0.1) is 0 Å². The molecule has 2 rings (SSSR count). The molecule has 0 saturated carbocycles. The normalized spacial score (nSPS) is 16.2. The van der Waals surface area contributed by atoms with Gasteiger partial charge >= 0.3 is 0 Å². The Labute approximate surface area is 149 Å². The number of hydrazone groups is 1. The summed E-state index contributed by atoms with van der Waals surface area (Å²) < 4.78 is 0. The second-order valence-electron chi connectivity index (χ2n) is 6.03. The van der Waals surface area contributed by atoms with E-state index in [0.29, 0.717) is 13.1 Å². The summed E-state index contributed by atoms with van der Waals surface area (Å²) in [7, 11) is 0. The Morgan fingerprint density at radius 3 is 2.56 bits per heavy atom. The molecule has 1 aromatic carbocycles. The van der Waals surface area contributed by atoms with Crippen molar-refractivity contribution in [3.63, 3.8) is 0 Å². The summed E-state index contributed by atoms with van der Waals surface area (Å²) in [6.45, 7) is 7.17. The fourth-order valence-corrected chi connectivity index (χ4v) is 2.67. The highest BCUT2D eigenvalue weighted by atomic mass is 16.2. The van der Waals surface area contributed by atoms with E-state index in [-0.39, 0.29) is 12.5 Å². The number of benzene rings is 1. The van der Waals surface area contributed by atoms with E-state index in [9.17, 15) is 9.59 Å². The van der Waals surface area contributed by atoms with Crippen LogP contribution in [-0.2, 0) is 9.59 Å². The molecule has 2 amide bonds. The molecule has 0 aromatic heterocycles. The van der Waals surface area contributed by atoms with Gasteiger partial charge in [0.1, 0.15) is 0 Å². The van der Waals surface area contributed by atoms with Gasteiger partial charge < -0.3 is 9.80 Å². The number of hydrogen-bond donors (Lipinski definition) is 0. The third-order valence-corrected chi connectivity index (χ3v) is 4.26. The molecule has 25 heavy (non-hydrogen) atoms. The minimum atomic E-state index is -0.0688. The molecule has 6 heteroatoms. The lowest BCUT2D eigenvalue weighted by molar-refractivity contribution is -0.138. The smallest absolute Gasteiger partial charge is 0.246 e. The SMILES string of the molecule is CCC/C=N/N(/C(C)=C(\C)N1CCN(C=O)CC1=O)c1ccccc1. The molecule has 134 valence electrons. The largest absolute Gasteiger partial charge is 0.334 e. The van der Waals surface area contributed by atoms with Crippen LogP contribution in [0.25, 0.3) is 0 Å².